The lowest BCUT2D eigenvalue weighted by Crippen LogP contribution is -2.57. The Morgan fingerprint density at radius 2 is 1.73 bits per heavy atom. The maximum atomic E-state index is 13.5. The topological polar surface area (TPSA) is 62.3 Å². The Morgan fingerprint density at radius 1 is 0.946 bits per heavy atom. The van der Waals surface area contributed by atoms with Crippen LogP contribution in [0.2, 0.25) is 0 Å². The van der Waals surface area contributed by atoms with Gasteiger partial charge in [0.25, 0.3) is 5.91 Å². The molecule has 2 amide bonds. The molecule has 0 N–H and O–H groups in total. The largest absolute Gasteiger partial charge is 0.497 e. The third-order valence-corrected chi connectivity index (χ3v) is 8.24. The molecule has 0 saturated carbocycles. The van der Waals surface area contributed by atoms with E-state index in [2.05, 4.69) is 28.5 Å². The monoisotopic (exact) mass is 519 g/mol. The fraction of sp³-hybridized carbons (Fsp3) is 0.379. The van der Waals surface area contributed by atoms with E-state index < -0.39 is 0 Å². The Labute approximate surface area is 222 Å². The highest BCUT2D eigenvalue weighted by Crippen LogP contribution is 2.38. The summed E-state index contributed by atoms with van der Waals surface area (Å²) in [5.74, 6) is 1.56. The number of thiophene rings is 1. The summed E-state index contributed by atoms with van der Waals surface area (Å²) in [6.45, 7) is 4.76. The molecule has 8 heteroatoms. The second-order valence-corrected chi connectivity index (χ2v) is 10.6. The van der Waals surface area contributed by atoms with E-state index in [0.29, 0.717) is 31.9 Å². The van der Waals surface area contributed by atoms with Gasteiger partial charge in [0.05, 0.1) is 19.7 Å². The lowest BCUT2D eigenvalue weighted by Gasteiger charge is -2.41. The first-order valence-electron chi connectivity index (χ1n) is 12.7. The summed E-state index contributed by atoms with van der Waals surface area (Å²) in [4.78, 5) is 33.7. The number of hydrogen-bond donors (Lipinski definition) is 0. The Balaban J connectivity index is 1.21. The van der Waals surface area contributed by atoms with Gasteiger partial charge in [0, 0.05) is 37.1 Å². The normalized spacial score (nSPS) is 19.8. The van der Waals surface area contributed by atoms with Gasteiger partial charge in [-0.1, -0.05) is 30.3 Å². The number of carbonyl (C=O) groups excluding carboxylic acids is 2. The highest BCUT2D eigenvalue weighted by molar-refractivity contribution is 7.10. The SMILES string of the molecule is COc1ccc([C@@H]2c3ccsc3CCN2CC(=O)N2CCN(C(=O)COc3ccccc3)[C@H](C)C2)cc1. The maximum Gasteiger partial charge on any atom is 0.260 e. The molecule has 3 heterocycles. The van der Waals surface area contributed by atoms with Crippen molar-refractivity contribution in [1.29, 1.82) is 0 Å². The van der Waals surface area contributed by atoms with Crippen molar-refractivity contribution in [2.24, 2.45) is 0 Å². The minimum absolute atomic E-state index is 0.00257. The quantitative estimate of drug-likeness (QED) is 0.475. The maximum absolute atomic E-state index is 13.5. The van der Waals surface area contributed by atoms with Crippen molar-refractivity contribution >= 4 is 23.2 Å². The van der Waals surface area contributed by atoms with E-state index in [4.69, 9.17) is 9.47 Å². The molecule has 0 bridgehead atoms. The van der Waals surface area contributed by atoms with Gasteiger partial charge in [-0.05, 0) is 60.2 Å². The van der Waals surface area contributed by atoms with Crippen LogP contribution in [0.1, 0.15) is 29.0 Å². The summed E-state index contributed by atoms with van der Waals surface area (Å²) in [7, 11) is 1.67. The van der Waals surface area contributed by atoms with Gasteiger partial charge in [-0.2, -0.15) is 0 Å². The number of hydrogen-bond acceptors (Lipinski definition) is 6. The van der Waals surface area contributed by atoms with Gasteiger partial charge in [0.2, 0.25) is 5.91 Å². The molecule has 5 rings (SSSR count). The molecule has 0 spiro atoms. The van der Waals surface area contributed by atoms with E-state index >= 15 is 0 Å². The standard InChI is InChI=1S/C29H33N3O4S/c1-21-18-30(15-16-32(21)28(34)20-36-24-6-4-3-5-7-24)27(33)19-31-14-12-26-25(13-17-37-26)29(31)22-8-10-23(35-2)11-9-22/h3-11,13,17,21,29H,12,14-16,18-20H2,1-2H3/t21-,29-/m1/s1. The van der Waals surface area contributed by atoms with Crippen LogP contribution >= 0.6 is 11.3 Å². The zero-order valence-corrected chi connectivity index (χ0v) is 22.2. The molecule has 2 atom stereocenters. The summed E-state index contributed by atoms with van der Waals surface area (Å²) in [6.07, 6.45) is 0.951. The minimum atomic E-state index is -0.0632. The molecular weight excluding hydrogens is 486 g/mol. The number of carbonyl (C=O) groups is 2. The van der Waals surface area contributed by atoms with Crippen molar-refractivity contribution in [3.05, 3.63) is 82.0 Å². The highest BCUT2D eigenvalue weighted by Gasteiger charge is 2.34. The fourth-order valence-corrected chi connectivity index (χ4v) is 6.19. The van der Waals surface area contributed by atoms with Crippen molar-refractivity contribution in [1.82, 2.24) is 14.7 Å². The van der Waals surface area contributed by atoms with E-state index in [1.54, 1.807) is 18.4 Å². The van der Waals surface area contributed by atoms with Crippen molar-refractivity contribution in [3.8, 4) is 11.5 Å². The molecule has 194 valence electrons. The van der Waals surface area contributed by atoms with Crippen LogP contribution in [-0.4, -0.2) is 79.0 Å². The lowest BCUT2D eigenvalue weighted by atomic mass is 9.93. The van der Waals surface area contributed by atoms with Gasteiger partial charge in [-0.3, -0.25) is 14.5 Å². The Bertz CT molecular complexity index is 1210. The zero-order valence-electron chi connectivity index (χ0n) is 21.3. The molecular formula is C29H33N3O4S. The van der Waals surface area contributed by atoms with Crippen LogP contribution in [0.5, 0.6) is 11.5 Å². The second kappa shape index (κ2) is 11.4. The predicted molar refractivity (Wildman–Crippen MR) is 144 cm³/mol. The number of methoxy groups -OCH3 is 1. The van der Waals surface area contributed by atoms with Gasteiger partial charge in [-0.25, -0.2) is 0 Å². The first-order valence-corrected chi connectivity index (χ1v) is 13.6. The number of ether oxygens (including phenoxy) is 2. The predicted octanol–water partition coefficient (Wildman–Crippen LogP) is 3.84. The van der Waals surface area contributed by atoms with Gasteiger partial charge in [0.1, 0.15) is 11.5 Å². The van der Waals surface area contributed by atoms with Gasteiger partial charge in [-0.15, -0.1) is 11.3 Å². The molecule has 2 aromatic carbocycles. The lowest BCUT2D eigenvalue weighted by molar-refractivity contribution is -0.144. The number of benzene rings is 2. The zero-order chi connectivity index (χ0) is 25.8. The van der Waals surface area contributed by atoms with Crippen LogP contribution in [0.15, 0.2) is 66.0 Å². The van der Waals surface area contributed by atoms with Crippen molar-refractivity contribution in [2.75, 3.05) is 46.4 Å². The van der Waals surface area contributed by atoms with Crippen LogP contribution < -0.4 is 9.47 Å². The summed E-state index contributed by atoms with van der Waals surface area (Å²) in [6, 6.07) is 19.7. The van der Waals surface area contributed by atoms with Gasteiger partial charge in [0.15, 0.2) is 6.61 Å². The van der Waals surface area contributed by atoms with E-state index in [1.165, 1.54) is 10.4 Å². The van der Waals surface area contributed by atoms with E-state index in [-0.39, 0.29) is 30.5 Å². The molecule has 1 aromatic heterocycles. The molecule has 37 heavy (non-hydrogen) atoms. The Morgan fingerprint density at radius 3 is 2.46 bits per heavy atom. The molecule has 3 aromatic rings. The van der Waals surface area contributed by atoms with Crippen LogP contribution in [0, 0.1) is 0 Å². The smallest absolute Gasteiger partial charge is 0.260 e. The first-order chi connectivity index (χ1) is 18.0. The molecule has 2 aliphatic rings. The number of nitrogens with zero attached hydrogens (tertiary/aromatic N) is 3. The number of piperazine rings is 1. The number of fused-ring (bicyclic) bond motifs is 1. The summed E-state index contributed by atoms with van der Waals surface area (Å²) >= 11 is 1.79. The number of rotatable bonds is 7. The van der Waals surface area contributed by atoms with E-state index in [0.717, 1.165) is 24.3 Å². The molecule has 1 fully saturated rings. The third kappa shape index (κ3) is 5.65. The van der Waals surface area contributed by atoms with Crippen molar-refractivity contribution < 1.29 is 19.1 Å². The highest BCUT2D eigenvalue weighted by atomic mass is 32.1. The van der Waals surface area contributed by atoms with E-state index in [9.17, 15) is 9.59 Å². The molecule has 0 unspecified atom stereocenters. The number of para-hydroxylation sites is 1. The molecule has 1 saturated heterocycles. The summed E-state index contributed by atoms with van der Waals surface area (Å²) in [5, 5.41) is 2.14. The molecule has 0 aliphatic carbocycles. The Hall–Kier alpha value is -3.36. The van der Waals surface area contributed by atoms with Crippen LogP contribution in [0.3, 0.4) is 0 Å². The minimum Gasteiger partial charge on any atom is -0.497 e. The van der Waals surface area contributed by atoms with Crippen LogP contribution in [0.25, 0.3) is 0 Å². The van der Waals surface area contributed by atoms with Crippen LogP contribution in [-0.2, 0) is 16.0 Å². The summed E-state index contributed by atoms with van der Waals surface area (Å²) in [5.41, 5.74) is 2.45. The fourth-order valence-electron chi connectivity index (χ4n) is 5.29. The second-order valence-electron chi connectivity index (χ2n) is 9.57. The number of amides is 2. The van der Waals surface area contributed by atoms with Gasteiger partial charge < -0.3 is 19.3 Å². The Kier molecular flexibility index (Phi) is 7.76. The summed E-state index contributed by atoms with van der Waals surface area (Å²) < 4.78 is 11.0. The molecule has 2 aliphatic heterocycles. The average Bonchev–Trinajstić information content (AvgIpc) is 3.41. The average molecular weight is 520 g/mol. The first kappa shape index (κ1) is 25.3. The van der Waals surface area contributed by atoms with E-state index in [1.807, 2.05) is 59.2 Å². The van der Waals surface area contributed by atoms with Crippen molar-refractivity contribution in [3.63, 3.8) is 0 Å². The van der Waals surface area contributed by atoms with Gasteiger partial charge >= 0.3 is 0 Å². The van der Waals surface area contributed by atoms with Crippen LogP contribution in [0.4, 0.5) is 0 Å². The third-order valence-electron chi connectivity index (χ3n) is 7.24. The van der Waals surface area contributed by atoms with Crippen molar-refractivity contribution in [2.45, 2.75) is 25.4 Å². The molecule has 0 radical (unpaired) electrons. The molecule has 7 nitrogen and oxygen atoms in total.